The van der Waals surface area contributed by atoms with Gasteiger partial charge in [-0.15, -0.1) is 0 Å². The Morgan fingerprint density at radius 3 is 2.16 bits per heavy atom. The maximum Gasteiger partial charge on any atom is 0.434 e. The van der Waals surface area contributed by atoms with E-state index in [9.17, 15) is 14.4 Å². The number of ketones is 1. The molecule has 0 aliphatic heterocycles. The standard InChI is InChI=1S/C13H21NO5/c1-6-7-9(10(15)8-11(16)18-5)14-12(17)19-13(2,3)4/h6-8H2,1-5H3. The topological polar surface area (TPSA) is 82.0 Å². The number of carbonyl (C=O) groups excluding carboxylic acids is 3. The SMILES string of the molecule is CCCC(=NC(=O)OC(C)(C)C)C(=O)CC(=O)OC. The summed E-state index contributed by atoms with van der Waals surface area (Å²) >= 11 is 0. The number of rotatable bonds is 5. The van der Waals surface area contributed by atoms with Gasteiger partial charge in [0.1, 0.15) is 12.0 Å². The lowest BCUT2D eigenvalue weighted by atomic mass is 10.1. The van der Waals surface area contributed by atoms with E-state index < -0.39 is 29.9 Å². The molecule has 6 nitrogen and oxygen atoms in total. The van der Waals surface area contributed by atoms with Crippen molar-refractivity contribution in [3.63, 3.8) is 0 Å². The van der Waals surface area contributed by atoms with Crippen molar-refractivity contribution >= 4 is 23.6 Å². The first kappa shape index (κ1) is 17.3. The molecular formula is C13H21NO5. The molecule has 0 heterocycles. The minimum Gasteiger partial charge on any atom is -0.469 e. The molecule has 0 saturated heterocycles. The van der Waals surface area contributed by atoms with Gasteiger partial charge in [-0.3, -0.25) is 9.59 Å². The van der Waals surface area contributed by atoms with Crippen LogP contribution in [0.1, 0.15) is 47.0 Å². The zero-order chi connectivity index (χ0) is 15.1. The second kappa shape index (κ2) is 7.66. The molecule has 19 heavy (non-hydrogen) atoms. The molecule has 0 aromatic rings. The van der Waals surface area contributed by atoms with Crippen molar-refractivity contribution < 1.29 is 23.9 Å². The third-order valence-electron chi connectivity index (χ3n) is 1.96. The van der Waals surface area contributed by atoms with Crippen molar-refractivity contribution in [2.45, 2.75) is 52.6 Å². The number of esters is 1. The molecule has 108 valence electrons. The zero-order valence-electron chi connectivity index (χ0n) is 12.1. The Hall–Kier alpha value is -1.72. The molecular weight excluding hydrogens is 250 g/mol. The van der Waals surface area contributed by atoms with E-state index in [1.807, 2.05) is 6.92 Å². The molecule has 0 saturated carbocycles. The first-order chi connectivity index (χ1) is 8.69. The van der Waals surface area contributed by atoms with E-state index in [0.717, 1.165) is 0 Å². The van der Waals surface area contributed by atoms with Gasteiger partial charge < -0.3 is 9.47 Å². The highest BCUT2D eigenvalue weighted by Gasteiger charge is 2.20. The molecule has 0 aliphatic rings. The van der Waals surface area contributed by atoms with Gasteiger partial charge in [-0.1, -0.05) is 13.3 Å². The Bertz CT molecular complexity index is 379. The maximum absolute atomic E-state index is 11.8. The van der Waals surface area contributed by atoms with E-state index in [1.54, 1.807) is 20.8 Å². The minimum atomic E-state index is -0.825. The molecule has 0 aromatic heterocycles. The van der Waals surface area contributed by atoms with E-state index in [0.29, 0.717) is 12.8 Å². The van der Waals surface area contributed by atoms with Crippen LogP contribution in [0, 0.1) is 0 Å². The summed E-state index contributed by atoms with van der Waals surface area (Å²) in [4.78, 5) is 38.0. The summed E-state index contributed by atoms with van der Waals surface area (Å²) in [5.74, 6) is -1.17. The van der Waals surface area contributed by atoms with E-state index in [4.69, 9.17) is 4.74 Å². The maximum atomic E-state index is 11.8. The fourth-order valence-corrected chi connectivity index (χ4v) is 1.19. The summed E-state index contributed by atoms with van der Waals surface area (Å²) in [5, 5.41) is 0. The number of aliphatic imine (C=N–C) groups is 1. The van der Waals surface area contributed by atoms with Crippen LogP contribution in [-0.2, 0) is 19.1 Å². The summed E-state index contributed by atoms with van der Waals surface area (Å²) in [6.45, 7) is 6.96. The second-order valence-corrected chi connectivity index (χ2v) is 4.96. The molecule has 0 fully saturated rings. The van der Waals surface area contributed by atoms with Gasteiger partial charge in [-0.2, -0.15) is 4.99 Å². The first-order valence-corrected chi connectivity index (χ1v) is 6.10. The molecule has 0 spiro atoms. The summed E-state index contributed by atoms with van der Waals surface area (Å²) in [6, 6.07) is 0. The van der Waals surface area contributed by atoms with Gasteiger partial charge in [0.05, 0.1) is 12.8 Å². The molecule has 0 atom stereocenters. The van der Waals surface area contributed by atoms with Crippen LogP contribution in [0.3, 0.4) is 0 Å². The third-order valence-corrected chi connectivity index (χ3v) is 1.96. The van der Waals surface area contributed by atoms with Gasteiger partial charge in [0.15, 0.2) is 5.78 Å². The molecule has 0 rings (SSSR count). The molecule has 0 bridgehead atoms. The summed E-state index contributed by atoms with van der Waals surface area (Å²) < 4.78 is 9.40. The lowest BCUT2D eigenvalue weighted by molar-refractivity contribution is -0.142. The average molecular weight is 271 g/mol. The number of ether oxygens (including phenoxy) is 2. The quantitative estimate of drug-likeness (QED) is 0.435. The summed E-state index contributed by atoms with van der Waals surface area (Å²) in [6.07, 6.45) is -0.295. The zero-order valence-corrected chi connectivity index (χ0v) is 12.1. The number of nitrogens with zero attached hydrogens (tertiary/aromatic N) is 1. The van der Waals surface area contributed by atoms with Crippen LogP contribution in [-0.4, -0.2) is 36.3 Å². The van der Waals surface area contributed by atoms with Crippen LogP contribution < -0.4 is 0 Å². The van der Waals surface area contributed by atoms with Crippen molar-refractivity contribution in [2.24, 2.45) is 4.99 Å². The van der Waals surface area contributed by atoms with E-state index in [1.165, 1.54) is 7.11 Å². The third kappa shape index (κ3) is 8.07. The Labute approximate surface area is 113 Å². The number of amides is 1. The number of carbonyl (C=O) groups is 3. The molecule has 0 aliphatic carbocycles. The normalized spacial score (nSPS) is 11.9. The largest absolute Gasteiger partial charge is 0.469 e. The van der Waals surface area contributed by atoms with E-state index in [2.05, 4.69) is 9.73 Å². The van der Waals surface area contributed by atoms with Crippen LogP contribution in [0.2, 0.25) is 0 Å². The Kier molecular flexibility index (Phi) is 6.96. The van der Waals surface area contributed by atoms with Crippen molar-refractivity contribution in [2.75, 3.05) is 7.11 Å². The van der Waals surface area contributed by atoms with Crippen LogP contribution in [0.25, 0.3) is 0 Å². The van der Waals surface area contributed by atoms with E-state index >= 15 is 0 Å². The fraction of sp³-hybridized carbons (Fsp3) is 0.692. The van der Waals surface area contributed by atoms with Crippen LogP contribution >= 0.6 is 0 Å². The van der Waals surface area contributed by atoms with E-state index in [-0.39, 0.29) is 5.71 Å². The molecule has 6 heteroatoms. The Balaban J connectivity index is 4.84. The van der Waals surface area contributed by atoms with Crippen molar-refractivity contribution in [1.29, 1.82) is 0 Å². The first-order valence-electron chi connectivity index (χ1n) is 6.10. The molecule has 0 aromatic carbocycles. The Morgan fingerprint density at radius 2 is 1.74 bits per heavy atom. The van der Waals surface area contributed by atoms with Gasteiger partial charge in [0.2, 0.25) is 0 Å². The highest BCUT2D eigenvalue weighted by molar-refractivity contribution is 6.43. The molecule has 1 amide bonds. The van der Waals surface area contributed by atoms with Gasteiger partial charge >= 0.3 is 12.1 Å². The predicted octanol–water partition coefficient (Wildman–Crippen LogP) is 2.29. The lowest BCUT2D eigenvalue weighted by Gasteiger charge is -2.17. The number of hydrogen-bond acceptors (Lipinski definition) is 5. The number of methoxy groups -OCH3 is 1. The molecule has 0 N–H and O–H groups in total. The van der Waals surface area contributed by atoms with Gasteiger partial charge in [0, 0.05) is 0 Å². The summed E-state index contributed by atoms with van der Waals surface area (Å²) in [7, 11) is 1.19. The van der Waals surface area contributed by atoms with Crippen molar-refractivity contribution in [3.8, 4) is 0 Å². The van der Waals surface area contributed by atoms with Gasteiger partial charge in [-0.05, 0) is 27.2 Å². The predicted molar refractivity (Wildman–Crippen MR) is 70.2 cm³/mol. The highest BCUT2D eigenvalue weighted by Crippen LogP contribution is 2.09. The van der Waals surface area contributed by atoms with Crippen molar-refractivity contribution in [1.82, 2.24) is 0 Å². The van der Waals surface area contributed by atoms with Crippen LogP contribution in [0.5, 0.6) is 0 Å². The van der Waals surface area contributed by atoms with Gasteiger partial charge in [0.25, 0.3) is 0 Å². The minimum absolute atomic E-state index is 0.0437. The second-order valence-electron chi connectivity index (χ2n) is 4.96. The van der Waals surface area contributed by atoms with Crippen molar-refractivity contribution in [3.05, 3.63) is 0 Å². The highest BCUT2D eigenvalue weighted by atomic mass is 16.6. The molecule has 0 radical (unpaired) electrons. The van der Waals surface area contributed by atoms with Crippen LogP contribution in [0.4, 0.5) is 4.79 Å². The average Bonchev–Trinajstić information content (AvgIpc) is 2.25. The lowest BCUT2D eigenvalue weighted by Crippen LogP contribution is -2.25. The summed E-state index contributed by atoms with van der Waals surface area (Å²) in [5.41, 5.74) is -0.634. The molecule has 0 unspecified atom stereocenters. The van der Waals surface area contributed by atoms with Gasteiger partial charge in [-0.25, -0.2) is 4.79 Å². The smallest absolute Gasteiger partial charge is 0.434 e. The number of Topliss-reactive ketones (excluding diaryl/α,β-unsaturated/α-hetero) is 1. The monoisotopic (exact) mass is 271 g/mol. The number of hydrogen-bond donors (Lipinski definition) is 0. The Morgan fingerprint density at radius 1 is 1.16 bits per heavy atom. The van der Waals surface area contributed by atoms with Crippen LogP contribution in [0.15, 0.2) is 4.99 Å². The fourth-order valence-electron chi connectivity index (χ4n) is 1.19.